The monoisotopic (exact) mass is 563 g/mol. The lowest BCUT2D eigenvalue weighted by Gasteiger charge is -2.34. The van der Waals surface area contributed by atoms with Crippen LogP contribution in [0, 0.1) is 0 Å². The Balaban J connectivity index is 1.37. The van der Waals surface area contributed by atoms with Crippen LogP contribution in [0.4, 0.5) is 19.0 Å². The maximum atomic E-state index is 13.4. The van der Waals surface area contributed by atoms with Crippen molar-refractivity contribution in [2.75, 3.05) is 57.9 Å². The molecule has 2 saturated heterocycles. The first-order valence-corrected chi connectivity index (χ1v) is 13.1. The summed E-state index contributed by atoms with van der Waals surface area (Å²) in [5, 5.41) is 7.12. The highest BCUT2D eigenvalue weighted by Gasteiger charge is 2.35. The van der Waals surface area contributed by atoms with Gasteiger partial charge in [0.05, 0.1) is 35.4 Å². The SMILES string of the molecule is CNC1CCN(c2ccc3c(C(=O)NCC(c4cnc(C(F)(F)F)nc4)N4CCOCC4)c(Cl)ccc3n2)C1. The zero-order valence-corrected chi connectivity index (χ0v) is 22.1. The lowest BCUT2D eigenvalue weighted by atomic mass is 10.1. The standard InChI is InChI=1S/C26H29ClF3N7O2/c1-31-17-6-7-37(15-17)22-5-2-18-20(35-22)4-3-19(27)23(18)24(38)32-14-21(36-8-10-39-11-9-36)16-12-33-25(34-13-16)26(28,29)30/h2-5,12-13,17,21,31H,6-11,14-15H2,1H3,(H,32,38). The van der Waals surface area contributed by atoms with Gasteiger partial charge in [0.15, 0.2) is 0 Å². The van der Waals surface area contributed by atoms with Crippen LogP contribution in [0.5, 0.6) is 0 Å². The van der Waals surface area contributed by atoms with E-state index in [2.05, 4.69) is 25.5 Å². The summed E-state index contributed by atoms with van der Waals surface area (Å²) in [6, 6.07) is 7.15. The average molecular weight is 564 g/mol. The van der Waals surface area contributed by atoms with E-state index in [-0.39, 0.29) is 11.6 Å². The fourth-order valence-electron chi connectivity index (χ4n) is 5.06. The minimum atomic E-state index is -4.64. The zero-order chi connectivity index (χ0) is 27.6. The number of hydrogen-bond donors (Lipinski definition) is 2. The number of aromatic nitrogens is 3. The number of likely N-dealkylation sites (N-methyl/N-ethyl adjacent to an activating group) is 1. The van der Waals surface area contributed by atoms with Crippen LogP contribution < -0.4 is 15.5 Å². The Kier molecular flexibility index (Phi) is 8.17. The van der Waals surface area contributed by atoms with Crippen LogP contribution in [-0.2, 0) is 10.9 Å². The van der Waals surface area contributed by atoms with Crippen LogP contribution in [0.3, 0.4) is 0 Å². The van der Waals surface area contributed by atoms with E-state index in [4.69, 9.17) is 21.3 Å². The Bertz CT molecular complexity index is 1320. The van der Waals surface area contributed by atoms with Crippen molar-refractivity contribution in [1.82, 2.24) is 30.5 Å². The van der Waals surface area contributed by atoms with Crippen LogP contribution in [-0.4, -0.2) is 84.8 Å². The van der Waals surface area contributed by atoms with Gasteiger partial charge < -0.3 is 20.3 Å². The van der Waals surface area contributed by atoms with E-state index in [1.165, 1.54) is 0 Å². The summed E-state index contributed by atoms with van der Waals surface area (Å²) in [6.07, 6.45) is -1.28. The van der Waals surface area contributed by atoms with Gasteiger partial charge in [0.25, 0.3) is 5.91 Å². The van der Waals surface area contributed by atoms with Crippen molar-refractivity contribution in [3.63, 3.8) is 0 Å². The maximum Gasteiger partial charge on any atom is 0.451 e. The summed E-state index contributed by atoms with van der Waals surface area (Å²) in [7, 11) is 1.95. The number of pyridine rings is 1. The van der Waals surface area contributed by atoms with Gasteiger partial charge in [-0.15, -0.1) is 0 Å². The van der Waals surface area contributed by atoms with E-state index in [0.29, 0.717) is 54.4 Å². The molecule has 4 heterocycles. The van der Waals surface area contributed by atoms with Gasteiger partial charge >= 0.3 is 6.18 Å². The van der Waals surface area contributed by atoms with Crippen LogP contribution >= 0.6 is 11.6 Å². The molecule has 1 amide bonds. The Morgan fingerprint density at radius 1 is 1.15 bits per heavy atom. The highest BCUT2D eigenvalue weighted by molar-refractivity contribution is 6.35. The number of halogens is 4. The van der Waals surface area contributed by atoms with Crippen LogP contribution in [0.2, 0.25) is 5.02 Å². The number of rotatable bonds is 7. The lowest BCUT2D eigenvalue weighted by Crippen LogP contribution is -2.44. The fourth-order valence-corrected chi connectivity index (χ4v) is 5.31. The second-order valence-electron chi connectivity index (χ2n) is 9.59. The van der Waals surface area contributed by atoms with E-state index in [0.717, 1.165) is 37.7 Å². The second-order valence-corrected chi connectivity index (χ2v) is 10.00. The summed E-state index contributed by atoms with van der Waals surface area (Å²) in [6.45, 7) is 3.91. The largest absolute Gasteiger partial charge is 0.451 e. The number of alkyl halides is 3. The second kappa shape index (κ2) is 11.6. The molecule has 0 aliphatic carbocycles. The van der Waals surface area contributed by atoms with Crippen LogP contribution in [0.1, 0.15) is 34.2 Å². The number of benzene rings is 1. The number of morpholine rings is 1. The van der Waals surface area contributed by atoms with Gasteiger partial charge in [-0.05, 0) is 37.7 Å². The van der Waals surface area contributed by atoms with E-state index in [1.807, 2.05) is 24.1 Å². The topological polar surface area (TPSA) is 95.5 Å². The highest BCUT2D eigenvalue weighted by Crippen LogP contribution is 2.30. The number of hydrogen-bond acceptors (Lipinski definition) is 8. The van der Waals surface area contributed by atoms with Gasteiger partial charge in [-0.3, -0.25) is 9.69 Å². The zero-order valence-electron chi connectivity index (χ0n) is 21.3. The summed E-state index contributed by atoms with van der Waals surface area (Å²) < 4.78 is 44.4. The molecule has 2 unspecified atom stereocenters. The molecule has 2 N–H and O–H groups in total. The molecule has 208 valence electrons. The van der Waals surface area contributed by atoms with E-state index >= 15 is 0 Å². The van der Waals surface area contributed by atoms with Gasteiger partial charge in [0.1, 0.15) is 5.82 Å². The molecule has 0 radical (unpaired) electrons. The Morgan fingerprint density at radius 3 is 2.56 bits per heavy atom. The molecule has 2 aliphatic rings. The van der Waals surface area contributed by atoms with Crippen molar-refractivity contribution in [2.45, 2.75) is 24.7 Å². The number of fused-ring (bicyclic) bond motifs is 1. The molecule has 9 nitrogen and oxygen atoms in total. The van der Waals surface area contributed by atoms with Crippen LogP contribution in [0.25, 0.3) is 10.9 Å². The fraction of sp³-hybridized carbons (Fsp3) is 0.462. The molecule has 2 aliphatic heterocycles. The van der Waals surface area contributed by atoms with Crippen molar-refractivity contribution in [3.05, 3.63) is 58.6 Å². The molecule has 0 bridgehead atoms. The third kappa shape index (κ3) is 6.08. The quantitative estimate of drug-likeness (QED) is 0.452. The third-order valence-corrected chi connectivity index (χ3v) is 7.52. The van der Waals surface area contributed by atoms with E-state index < -0.39 is 23.9 Å². The number of anilines is 1. The van der Waals surface area contributed by atoms with Crippen molar-refractivity contribution >= 4 is 34.2 Å². The molecular formula is C26H29ClF3N7O2. The first-order chi connectivity index (χ1) is 18.7. The van der Waals surface area contributed by atoms with Crippen molar-refractivity contribution in [1.29, 1.82) is 0 Å². The van der Waals surface area contributed by atoms with Gasteiger partial charge in [-0.25, -0.2) is 15.0 Å². The minimum absolute atomic E-state index is 0.116. The average Bonchev–Trinajstić information content (AvgIpc) is 3.43. The van der Waals surface area contributed by atoms with E-state index in [9.17, 15) is 18.0 Å². The first kappa shape index (κ1) is 27.5. The number of ether oxygens (including phenoxy) is 1. The van der Waals surface area contributed by atoms with E-state index in [1.54, 1.807) is 12.1 Å². The lowest BCUT2D eigenvalue weighted by molar-refractivity contribution is -0.145. The molecule has 3 aromatic rings. The van der Waals surface area contributed by atoms with Gasteiger partial charge in [0.2, 0.25) is 5.82 Å². The molecule has 1 aromatic carbocycles. The summed E-state index contributed by atoms with van der Waals surface area (Å²) in [5.74, 6) is -0.771. The molecule has 2 aromatic heterocycles. The number of amides is 1. The van der Waals surface area contributed by atoms with Gasteiger partial charge in [0, 0.05) is 62.1 Å². The third-order valence-electron chi connectivity index (χ3n) is 7.21. The molecule has 0 saturated carbocycles. The van der Waals surface area contributed by atoms with Crippen molar-refractivity contribution in [3.8, 4) is 0 Å². The Morgan fingerprint density at radius 2 is 1.90 bits per heavy atom. The van der Waals surface area contributed by atoms with Crippen molar-refractivity contribution in [2.24, 2.45) is 0 Å². The predicted molar refractivity (Wildman–Crippen MR) is 141 cm³/mol. The normalized spacial score (nSPS) is 19.4. The number of nitrogens with zero attached hydrogens (tertiary/aromatic N) is 5. The smallest absolute Gasteiger partial charge is 0.379 e. The minimum Gasteiger partial charge on any atom is -0.379 e. The number of carbonyl (C=O) groups excluding carboxylic acids is 1. The van der Waals surface area contributed by atoms with Gasteiger partial charge in [-0.2, -0.15) is 13.2 Å². The number of nitrogens with one attached hydrogen (secondary N) is 2. The molecular weight excluding hydrogens is 535 g/mol. The molecule has 13 heteroatoms. The highest BCUT2D eigenvalue weighted by atomic mass is 35.5. The molecule has 0 spiro atoms. The summed E-state index contributed by atoms with van der Waals surface area (Å²) in [5.41, 5.74) is 1.41. The Hall–Kier alpha value is -3.06. The first-order valence-electron chi connectivity index (χ1n) is 12.7. The number of carbonyl (C=O) groups is 1. The van der Waals surface area contributed by atoms with Crippen LogP contribution in [0.15, 0.2) is 36.7 Å². The Labute approximate surface area is 228 Å². The van der Waals surface area contributed by atoms with Gasteiger partial charge in [-0.1, -0.05) is 11.6 Å². The maximum absolute atomic E-state index is 13.4. The predicted octanol–water partition coefficient (Wildman–Crippen LogP) is 3.30. The summed E-state index contributed by atoms with van der Waals surface area (Å²) >= 11 is 6.48. The van der Waals surface area contributed by atoms with Crippen molar-refractivity contribution < 1.29 is 22.7 Å². The molecule has 5 rings (SSSR count). The molecule has 2 fully saturated rings. The summed E-state index contributed by atoms with van der Waals surface area (Å²) in [4.78, 5) is 29.5. The molecule has 2 atom stereocenters. The molecule has 39 heavy (non-hydrogen) atoms.